The first kappa shape index (κ1) is 12.8. The molecule has 0 spiro atoms. The molecule has 6 heteroatoms. The van der Waals surface area contributed by atoms with Gasteiger partial charge in [0.15, 0.2) is 11.4 Å². The fourth-order valence-electron chi connectivity index (χ4n) is 1.71. The second-order valence-corrected chi connectivity index (χ2v) is 4.17. The molecule has 2 aromatic rings. The Hall–Kier alpha value is -2.63. The van der Waals surface area contributed by atoms with Crippen LogP contribution in [0.15, 0.2) is 24.3 Å². The minimum atomic E-state index is -0.439. The van der Waals surface area contributed by atoms with Crippen LogP contribution in [0, 0.1) is 29.6 Å². The summed E-state index contributed by atoms with van der Waals surface area (Å²) in [5, 5.41) is 18.3. The van der Waals surface area contributed by atoms with Crippen LogP contribution in [0.25, 0.3) is 0 Å². The lowest BCUT2D eigenvalue weighted by molar-refractivity contribution is 0.0956. The predicted octanol–water partition coefficient (Wildman–Crippen LogP) is 2.28. The second kappa shape index (κ2) is 4.93. The summed E-state index contributed by atoms with van der Waals surface area (Å²) in [6, 6.07) is 9.98. The largest absolute Gasteiger partial charge is 0.268 e. The van der Waals surface area contributed by atoms with Crippen LogP contribution in [0.1, 0.15) is 27.6 Å². The van der Waals surface area contributed by atoms with Crippen molar-refractivity contribution in [1.29, 1.82) is 10.5 Å². The molecule has 0 bridgehead atoms. The maximum Gasteiger partial charge on any atom is 0.264 e. The van der Waals surface area contributed by atoms with Crippen molar-refractivity contribution in [3.63, 3.8) is 0 Å². The monoisotopic (exact) mass is 270 g/mol. The number of imidazole rings is 1. The van der Waals surface area contributed by atoms with Gasteiger partial charge in [0.05, 0.1) is 0 Å². The number of aromatic nitrogens is 2. The van der Waals surface area contributed by atoms with E-state index in [9.17, 15) is 4.79 Å². The zero-order chi connectivity index (χ0) is 14.0. The van der Waals surface area contributed by atoms with Gasteiger partial charge in [0, 0.05) is 10.6 Å². The van der Waals surface area contributed by atoms with Crippen LogP contribution in [-0.4, -0.2) is 15.5 Å². The van der Waals surface area contributed by atoms with Crippen molar-refractivity contribution in [3.05, 3.63) is 52.1 Å². The molecule has 0 saturated heterocycles. The molecule has 0 radical (unpaired) electrons. The van der Waals surface area contributed by atoms with E-state index in [2.05, 4.69) is 4.98 Å². The molecule has 5 nitrogen and oxygen atoms in total. The van der Waals surface area contributed by atoms with Crippen LogP contribution in [0.2, 0.25) is 5.02 Å². The molecule has 0 atom stereocenters. The van der Waals surface area contributed by atoms with Gasteiger partial charge in [0.25, 0.3) is 5.91 Å². The predicted molar refractivity (Wildman–Crippen MR) is 67.6 cm³/mol. The third-order valence-corrected chi connectivity index (χ3v) is 2.77. The van der Waals surface area contributed by atoms with E-state index < -0.39 is 5.91 Å². The Labute approximate surface area is 114 Å². The maximum atomic E-state index is 12.3. The van der Waals surface area contributed by atoms with Crippen LogP contribution in [0.4, 0.5) is 0 Å². The molecular formula is C13H7ClN4O. The summed E-state index contributed by atoms with van der Waals surface area (Å²) in [7, 11) is 0. The number of hydrogen-bond donors (Lipinski definition) is 0. The van der Waals surface area contributed by atoms with Gasteiger partial charge in [0.1, 0.15) is 18.0 Å². The van der Waals surface area contributed by atoms with Crippen LogP contribution >= 0.6 is 11.6 Å². The average molecular weight is 271 g/mol. The molecule has 92 valence electrons. The van der Waals surface area contributed by atoms with Crippen LogP contribution < -0.4 is 0 Å². The van der Waals surface area contributed by atoms with E-state index in [0.717, 1.165) is 4.57 Å². The Bertz CT molecular complexity index is 749. The van der Waals surface area contributed by atoms with Gasteiger partial charge >= 0.3 is 0 Å². The topological polar surface area (TPSA) is 82.5 Å². The van der Waals surface area contributed by atoms with Crippen molar-refractivity contribution in [3.8, 4) is 12.1 Å². The van der Waals surface area contributed by atoms with Crippen LogP contribution in [0.3, 0.4) is 0 Å². The first-order chi connectivity index (χ1) is 9.08. The van der Waals surface area contributed by atoms with E-state index in [1.54, 1.807) is 31.2 Å². The van der Waals surface area contributed by atoms with Gasteiger partial charge in [-0.05, 0) is 25.1 Å². The van der Waals surface area contributed by atoms with Gasteiger partial charge < -0.3 is 0 Å². The molecule has 0 amide bonds. The van der Waals surface area contributed by atoms with Gasteiger partial charge in [-0.1, -0.05) is 17.7 Å². The quantitative estimate of drug-likeness (QED) is 0.796. The summed E-state index contributed by atoms with van der Waals surface area (Å²) in [5.74, 6) is -0.149. The second-order valence-electron chi connectivity index (χ2n) is 3.73. The molecular weight excluding hydrogens is 264 g/mol. The van der Waals surface area contributed by atoms with Gasteiger partial charge in [-0.15, -0.1) is 0 Å². The lowest BCUT2D eigenvalue weighted by Crippen LogP contribution is -2.15. The van der Waals surface area contributed by atoms with Crippen LogP contribution in [-0.2, 0) is 0 Å². The lowest BCUT2D eigenvalue weighted by atomic mass is 10.2. The van der Waals surface area contributed by atoms with Crippen molar-refractivity contribution in [2.45, 2.75) is 6.92 Å². The van der Waals surface area contributed by atoms with Gasteiger partial charge in [0.2, 0.25) is 0 Å². The van der Waals surface area contributed by atoms with E-state index in [1.165, 1.54) is 6.07 Å². The zero-order valence-electron chi connectivity index (χ0n) is 9.88. The van der Waals surface area contributed by atoms with E-state index in [-0.39, 0.29) is 17.2 Å². The first-order valence-electron chi connectivity index (χ1n) is 5.28. The SMILES string of the molecule is Cc1nc(C#N)c(C#N)n1C(=O)c1cccc(Cl)c1. The Morgan fingerprint density at radius 1 is 1.37 bits per heavy atom. The van der Waals surface area contributed by atoms with E-state index in [1.807, 2.05) is 6.07 Å². The molecule has 0 unspecified atom stereocenters. The number of aryl methyl sites for hydroxylation is 1. The Kier molecular flexibility index (Phi) is 3.33. The summed E-state index contributed by atoms with van der Waals surface area (Å²) in [4.78, 5) is 16.2. The van der Waals surface area contributed by atoms with Gasteiger partial charge in [-0.3, -0.25) is 9.36 Å². The van der Waals surface area contributed by atoms with E-state index in [4.69, 9.17) is 22.1 Å². The number of benzene rings is 1. The Balaban J connectivity index is 2.61. The summed E-state index contributed by atoms with van der Waals surface area (Å²) in [5.41, 5.74) is 0.203. The highest BCUT2D eigenvalue weighted by Gasteiger charge is 2.20. The number of rotatable bonds is 1. The maximum absolute atomic E-state index is 12.3. The first-order valence-corrected chi connectivity index (χ1v) is 5.66. The highest BCUT2D eigenvalue weighted by atomic mass is 35.5. The Morgan fingerprint density at radius 3 is 2.68 bits per heavy atom. The third-order valence-electron chi connectivity index (χ3n) is 2.53. The molecule has 1 aromatic heterocycles. The number of carbonyl (C=O) groups is 1. The lowest BCUT2D eigenvalue weighted by Gasteiger charge is -2.05. The number of nitriles is 2. The minimum Gasteiger partial charge on any atom is -0.268 e. The minimum absolute atomic E-state index is 0.0598. The van der Waals surface area contributed by atoms with E-state index in [0.29, 0.717) is 10.6 Å². The molecule has 0 aliphatic heterocycles. The summed E-state index contributed by atoms with van der Waals surface area (Å²) >= 11 is 5.83. The number of carbonyl (C=O) groups excluding carboxylic acids is 1. The fourth-order valence-corrected chi connectivity index (χ4v) is 1.90. The highest BCUT2D eigenvalue weighted by molar-refractivity contribution is 6.31. The number of hydrogen-bond acceptors (Lipinski definition) is 4. The van der Waals surface area contributed by atoms with Gasteiger partial charge in [-0.2, -0.15) is 10.5 Å². The molecule has 2 rings (SSSR count). The van der Waals surface area contributed by atoms with Crippen LogP contribution in [0.5, 0.6) is 0 Å². The van der Waals surface area contributed by atoms with Crippen molar-refractivity contribution in [2.24, 2.45) is 0 Å². The average Bonchev–Trinajstić information content (AvgIpc) is 2.73. The molecule has 0 aliphatic rings. The molecule has 1 heterocycles. The van der Waals surface area contributed by atoms with Gasteiger partial charge in [-0.25, -0.2) is 4.98 Å². The molecule has 0 fully saturated rings. The van der Waals surface area contributed by atoms with Crippen molar-refractivity contribution in [1.82, 2.24) is 9.55 Å². The highest BCUT2D eigenvalue weighted by Crippen LogP contribution is 2.16. The summed E-state index contributed by atoms with van der Waals surface area (Å²) in [6.45, 7) is 1.56. The summed E-state index contributed by atoms with van der Waals surface area (Å²) < 4.78 is 1.12. The van der Waals surface area contributed by atoms with Crippen molar-refractivity contribution < 1.29 is 4.79 Å². The molecule has 0 N–H and O–H groups in total. The third kappa shape index (κ3) is 2.20. The standard InChI is InChI=1S/C13H7ClN4O/c1-8-17-11(6-15)12(7-16)18(8)13(19)9-3-2-4-10(14)5-9/h2-5H,1H3. The van der Waals surface area contributed by atoms with Crippen molar-refractivity contribution >= 4 is 17.5 Å². The van der Waals surface area contributed by atoms with Crippen molar-refractivity contribution in [2.75, 3.05) is 0 Å². The molecule has 1 aromatic carbocycles. The molecule has 0 saturated carbocycles. The smallest absolute Gasteiger partial charge is 0.264 e. The zero-order valence-corrected chi connectivity index (χ0v) is 10.6. The molecule has 0 aliphatic carbocycles. The Morgan fingerprint density at radius 2 is 2.11 bits per heavy atom. The van der Waals surface area contributed by atoms with E-state index >= 15 is 0 Å². The number of halogens is 1. The molecule has 19 heavy (non-hydrogen) atoms. The summed E-state index contributed by atoms with van der Waals surface area (Å²) in [6.07, 6.45) is 0. The number of nitrogens with zero attached hydrogens (tertiary/aromatic N) is 4. The normalized spacial score (nSPS) is 9.68. The fraction of sp³-hybridized carbons (Fsp3) is 0.0769.